The number of aromatic nitrogens is 2. The lowest BCUT2D eigenvalue weighted by Gasteiger charge is -2.32. The van der Waals surface area contributed by atoms with Crippen LogP contribution in [0.15, 0.2) is 28.8 Å². The highest BCUT2D eigenvalue weighted by atomic mass is 16.5. The highest BCUT2D eigenvalue weighted by molar-refractivity contribution is 5.54. The zero-order valence-electron chi connectivity index (χ0n) is 12.8. The first-order valence-corrected chi connectivity index (χ1v) is 7.83. The molecule has 0 radical (unpaired) electrons. The predicted octanol–water partition coefficient (Wildman–Crippen LogP) is 3.66. The van der Waals surface area contributed by atoms with E-state index in [-0.39, 0.29) is 0 Å². The van der Waals surface area contributed by atoms with Gasteiger partial charge in [0, 0.05) is 5.56 Å². The number of aryl methyl sites for hydroxylation is 1. The fourth-order valence-electron chi connectivity index (χ4n) is 2.92. The fraction of sp³-hybridized carbons (Fsp3) is 0.529. The van der Waals surface area contributed by atoms with Gasteiger partial charge in [-0.05, 0) is 43.6 Å². The van der Waals surface area contributed by atoms with E-state index in [9.17, 15) is 0 Å². The Hall–Kier alpha value is -1.68. The molecule has 3 rings (SSSR count). The predicted molar refractivity (Wildman–Crippen MR) is 82.6 cm³/mol. The van der Waals surface area contributed by atoms with Crippen molar-refractivity contribution in [3.63, 3.8) is 0 Å². The molecule has 1 aliphatic rings. The molecular formula is C17H23N3O. The van der Waals surface area contributed by atoms with Crippen molar-refractivity contribution in [2.45, 2.75) is 51.5 Å². The van der Waals surface area contributed by atoms with Gasteiger partial charge in [0.1, 0.15) is 0 Å². The third-order valence-electron chi connectivity index (χ3n) is 4.64. The summed E-state index contributed by atoms with van der Waals surface area (Å²) in [6, 6.07) is 8.29. The van der Waals surface area contributed by atoms with Crippen LogP contribution in [0.5, 0.6) is 0 Å². The highest BCUT2D eigenvalue weighted by Crippen LogP contribution is 2.37. The first-order chi connectivity index (χ1) is 10.1. The summed E-state index contributed by atoms with van der Waals surface area (Å²) < 4.78 is 5.47. The maximum atomic E-state index is 6.48. The molecule has 0 atom stereocenters. The van der Waals surface area contributed by atoms with Gasteiger partial charge in [-0.3, -0.25) is 0 Å². The van der Waals surface area contributed by atoms with Gasteiger partial charge in [0.2, 0.25) is 11.7 Å². The molecule has 1 aliphatic carbocycles. The van der Waals surface area contributed by atoms with E-state index in [2.05, 4.69) is 36.1 Å². The number of hydrogen-bond acceptors (Lipinski definition) is 4. The summed E-state index contributed by atoms with van der Waals surface area (Å²) in [5.41, 5.74) is 8.33. The van der Waals surface area contributed by atoms with Gasteiger partial charge in [-0.2, -0.15) is 4.98 Å². The van der Waals surface area contributed by atoms with Gasteiger partial charge >= 0.3 is 0 Å². The lowest BCUT2D eigenvalue weighted by atomic mass is 9.78. The van der Waals surface area contributed by atoms with E-state index < -0.39 is 5.54 Å². The van der Waals surface area contributed by atoms with Crippen molar-refractivity contribution in [2.24, 2.45) is 11.7 Å². The molecule has 1 aromatic heterocycles. The van der Waals surface area contributed by atoms with Crippen LogP contribution in [0.25, 0.3) is 11.4 Å². The van der Waals surface area contributed by atoms with Crippen LogP contribution in [0.4, 0.5) is 0 Å². The van der Waals surface area contributed by atoms with Gasteiger partial charge in [0.05, 0.1) is 5.54 Å². The SMILES string of the molecule is CCc1ccc(-c2noc(C3(N)CCC(C)CC3)n2)cc1. The molecule has 2 aromatic rings. The van der Waals surface area contributed by atoms with Gasteiger partial charge in [-0.25, -0.2) is 0 Å². The normalized spacial score (nSPS) is 26.0. The third kappa shape index (κ3) is 2.86. The molecule has 2 N–H and O–H groups in total. The van der Waals surface area contributed by atoms with Crippen LogP contribution in [-0.2, 0) is 12.0 Å². The molecule has 0 bridgehead atoms. The Kier molecular flexibility index (Phi) is 3.81. The summed E-state index contributed by atoms with van der Waals surface area (Å²) in [6.45, 7) is 4.41. The van der Waals surface area contributed by atoms with Crippen molar-refractivity contribution >= 4 is 0 Å². The van der Waals surface area contributed by atoms with Crippen LogP contribution in [0.1, 0.15) is 51.0 Å². The monoisotopic (exact) mass is 285 g/mol. The Bertz CT molecular complexity index is 595. The molecule has 0 spiro atoms. The van der Waals surface area contributed by atoms with E-state index in [1.54, 1.807) is 0 Å². The number of nitrogens with two attached hydrogens (primary N) is 1. The molecule has 0 unspecified atom stereocenters. The van der Waals surface area contributed by atoms with Crippen LogP contribution in [0.3, 0.4) is 0 Å². The molecular weight excluding hydrogens is 262 g/mol. The lowest BCUT2D eigenvalue weighted by molar-refractivity contribution is 0.190. The van der Waals surface area contributed by atoms with Crippen molar-refractivity contribution in [2.75, 3.05) is 0 Å². The zero-order chi connectivity index (χ0) is 14.9. The Morgan fingerprint density at radius 3 is 2.52 bits per heavy atom. The van der Waals surface area contributed by atoms with Crippen molar-refractivity contribution in [3.05, 3.63) is 35.7 Å². The minimum absolute atomic E-state index is 0.443. The minimum atomic E-state index is -0.443. The lowest BCUT2D eigenvalue weighted by Crippen LogP contribution is -2.40. The number of benzene rings is 1. The van der Waals surface area contributed by atoms with Crippen LogP contribution in [-0.4, -0.2) is 10.1 Å². The summed E-state index contributed by atoms with van der Waals surface area (Å²) in [7, 11) is 0. The van der Waals surface area contributed by atoms with E-state index in [0.29, 0.717) is 11.7 Å². The van der Waals surface area contributed by atoms with Gasteiger partial charge in [-0.1, -0.05) is 43.3 Å². The van der Waals surface area contributed by atoms with Crippen molar-refractivity contribution in [1.82, 2.24) is 10.1 Å². The second-order valence-electron chi connectivity index (χ2n) is 6.31. The summed E-state index contributed by atoms with van der Waals surface area (Å²) in [5, 5.41) is 4.12. The summed E-state index contributed by atoms with van der Waals surface area (Å²) in [6.07, 6.45) is 5.12. The Morgan fingerprint density at radius 1 is 1.24 bits per heavy atom. The standard InChI is InChI=1S/C17H23N3O/c1-3-13-4-6-14(7-5-13)15-19-16(21-20-15)17(18)10-8-12(2)9-11-17/h4-7,12H,3,8-11,18H2,1-2H3. The number of hydrogen-bond donors (Lipinski definition) is 1. The molecule has 4 heteroatoms. The van der Waals surface area contributed by atoms with E-state index >= 15 is 0 Å². The third-order valence-corrected chi connectivity index (χ3v) is 4.64. The summed E-state index contributed by atoms with van der Waals surface area (Å²) >= 11 is 0. The molecule has 1 fully saturated rings. The Balaban J connectivity index is 1.82. The molecule has 0 aliphatic heterocycles. The molecule has 1 aromatic carbocycles. The van der Waals surface area contributed by atoms with E-state index in [1.165, 1.54) is 5.56 Å². The fourth-order valence-corrected chi connectivity index (χ4v) is 2.92. The van der Waals surface area contributed by atoms with E-state index in [1.807, 2.05) is 12.1 Å². The van der Waals surface area contributed by atoms with Crippen molar-refractivity contribution in [1.29, 1.82) is 0 Å². The van der Waals surface area contributed by atoms with Gasteiger partial charge in [0.25, 0.3) is 0 Å². The molecule has 1 saturated carbocycles. The largest absolute Gasteiger partial charge is 0.337 e. The number of nitrogens with zero attached hydrogens (tertiary/aromatic N) is 2. The van der Waals surface area contributed by atoms with Crippen LogP contribution in [0, 0.1) is 5.92 Å². The van der Waals surface area contributed by atoms with Crippen molar-refractivity contribution < 1.29 is 4.52 Å². The average Bonchev–Trinajstić information content (AvgIpc) is 3.01. The summed E-state index contributed by atoms with van der Waals surface area (Å²) in [4.78, 5) is 4.55. The highest BCUT2D eigenvalue weighted by Gasteiger charge is 2.37. The molecule has 112 valence electrons. The molecule has 0 amide bonds. The van der Waals surface area contributed by atoms with Gasteiger partial charge in [0.15, 0.2) is 0 Å². The van der Waals surface area contributed by atoms with Gasteiger partial charge < -0.3 is 10.3 Å². The quantitative estimate of drug-likeness (QED) is 0.934. The zero-order valence-corrected chi connectivity index (χ0v) is 12.8. The maximum Gasteiger partial charge on any atom is 0.247 e. The molecule has 21 heavy (non-hydrogen) atoms. The molecule has 1 heterocycles. The minimum Gasteiger partial charge on any atom is -0.337 e. The Morgan fingerprint density at radius 2 is 1.90 bits per heavy atom. The Labute approximate surface area is 125 Å². The van der Waals surface area contributed by atoms with Crippen LogP contribution >= 0.6 is 0 Å². The van der Waals surface area contributed by atoms with Crippen molar-refractivity contribution in [3.8, 4) is 11.4 Å². The second kappa shape index (κ2) is 5.60. The van der Waals surface area contributed by atoms with Crippen LogP contribution < -0.4 is 5.73 Å². The first-order valence-electron chi connectivity index (χ1n) is 7.83. The van der Waals surface area contributed by atoms with Gasteiger partial charge in [-0.15, -0.1) is 0 Å². The second-order valence-corrected chi connectivity index (χ2v) is 6.31. The van der Waals surface area contributed by atoms with E-state index in [0.717, 1.165) is 43.6 Å². The maximum absolute atomic E-state index is 6.48. The average molecular weight is 285 g/mol. The topological polar surface area (TPSA) is 64.9 Å². The molecule has 0 saturated heterocycles. The smallest absolute Gasteiger partial charge is 0.247 e. The first kappa shape index (κ1) is 14.3. The number of rotatable bonds is 3. The van der Waals surface area contributed by atoms with Crippen LogP contribution in [0.2, 0.25) is 0 Å². The summed E-state index contributed by atoms with van der Waals surface area (Å²) in [5.74, 6) is 1.96. The van der Waals surface area contributed by atoms with E-state index in [4.69, 9.17) is 10.3 Å². The molecule has 4 nitrogen and oxygen atoms in total.